The van der Waals surface area contributed by atoms with Crippen LogP contribution in [0.5, 0.6) is 0 Å². The van der Waals surface area contributed by atoms with Gasteiger partial charge in [0.25, 0.3) is 0 Å². The largest absolute Gasteiger partial charge is 0.478 e. The molecule has 0 spiro atoms. The van der Waals surface area contributed by atoms with Crippen LogP contribution in [0.3, 0.4) is 0 Å². The molecule has 1 aliphatic carbocycles. The molecule has 0 aromatic heterocycles. The summed E-state index contributed by atoms with van der Waals surface area (Å²) in [6.45, 7) is 2.05. The number of carbonyl (C=O) groups is 1. The van der Waals surface area contributed by atoms with E-state index in [1.54, 1.807) is 6.07 Å². The van der Waals surface area contributed by atoms with Crippen LogP contribution >= 0.6 is 0 Å². The van der Waals surface area contributed by atoms with Crippen molar-refractivity contribution in [1.29, 1.82) is 0 Å². The second-order valence-corrected chi connectivity index (χ2v) is 7.61. The number of hydrogen-bond donors (Lipinski definition) is 1. The SMILES string of the molecule is Cc1ccc(C(=C2C=CC(=[N+](C)C)C=C2)c2ccc(N(C)C)cc2C(=O)O)cc1. The lowest BCUT2D eigenvalue weighted by atomic mass is 9.87. The fourth-order valence-corrected chi connectivity index (χ4v) is 3.33. The zero-order chi connectivity index (χ0) is 21.1. The standard InChI is InChI=1S/C25H26N2O2/c1-17-6-8-18(9-7-17)24(19-10-12-20(13-11-19)26(2)3)22-15-14-21(27(4)5)16-23(22)25(28)29/h6-16H,1-5H3/p+1. The molecule has 29 heavy (non-hydrogen) atoms. The van der Waals surface area contributed by atoms with E-state index in [-0.39, 0.29) is 0 Å². The van der Waals surface area contributed by atoms with Crippen molar-refractivity contribution in [3.05, 3.63) is 94.6 Å². The molecule has 2 aromatic carbocycles. The molecule has 0 radical (unpaired) electrons. The minimum absolute atomic E-state index is 0.295. The number of allylic oxidation sites excluding steroid dienone is 5. The molecule has 0 saturated heterocycles. The third-order valence-electron chi connectivity index (χ3n) is 5.03. The normalized spacial score (nSPS) is 12.9. The maximum absolute atomic E-state index is 12.1. The Bertz CT molecular complexity index is 1050. The first-order valence-electron chi connectivity index (χ1n) is 9.54. The summed E-state index contributed by atoms with van der Waals surface area (Å²) < 4.78 is 2.05. The van der Waals surface area contributed by atoms with E-state index in [1.165, 1.54) is 0 Å². The zero-order valence-electron chi connectivity index (χ0n) is 17.6. The summed E-state index contributed by atoms with van der Waals surface area (Å²) in [6, 6.07) is 13.8. The van der Waals surface area contributed by atoms with Gasteiger partial charge >= 0.3 is 5.97 Å². The minimum Gasteiger partial charge on any atom is -0.478 e. The second kappa shape index (κ2) is 8.31. The molecule has 4 heteroatoms. The van der Waals surface area contributed by atoms with Gasteiger partial charge in [-0.2, -0.15) is 0 Å². The molecule has 1 N–H and O–H groups in total. The van der Waals surface area contributed by atoms with Crippen LogP contribution in [0.4, 0.5) is 5.69 Å². The van der Waals surface area contributed by atoms with Crippen molar-refractivity contribution in [2.75, 3.05) is 33.1 Å². The van der Waals surface area contributed by atoms with Gasteiger partial charge < -0.3 is 10.0 Å². The molecular weight excluding hydrogens is 360 g/mol. The highest BCUT2D eigenvalue weighted by atomic mass is 16.4. The minimum atomic E-state index is -0.932. The van der Waals surface area contributed by atoms with Gasteiger partial charge in [0.1, 0.15) is 14.1 Å². The number of aromatic carboxylic acids is 1. The zero-order valence-corrected chi connectivity index (χ0v) is 17.6. The van der Waals surface area contributed by atoms with Crippen molar-refractivity contribution < 1.29 is 14.5 Å². The van der Waals surface area contributed by atoms with E-state index in [9.17, 15) is 9.90 Å². The Hall–Kier alpha value is -3.40. The molecule has 0 amide bonds. The van der Waals surface area contributed by atoms with Crippen LogP contribution < -0.4 is 4.90 Å². The second-order valence-electron chi connectivity index (χ2n) is 7.61. The predicted molar refractivity (Wildman–Crippen MR) is 120 cm³/mol. The van der Waals surface area contributed by atoms with E-state index in [1.807, 2.05) is 56.7 Å². The van der Waals surface area contributed by atoms with E-state index in [4.69, 9.17) is 0 Å². The summed E-state index contributed by atoms with van der Waals surface area (Å²) >= 11 is 0. The van der Waals surface area contributed by atoms with Gasteiger partial charge in [-0.05, 0) is 53.5 Å². The Labute approximate surface area is 172 Å². The Balaban J connectivity index is 2.28. The van der Waals surface area contributed by atoms with Gasteiger partial charge in [0.05, 0.1) is 5.56 Å². The van der Waals surface area contributed by atoms with Crippen molar-refractivity contribution in [3.63, 3.8) is 0 Å². The van der Waals surface area contributed by atoms with Gasteiger partial charge in [-0.1, -0.05) is 35.9 Å². The lowest BCUT2D eigenvalue weighted by molar-refractivity contribution is -0.462. The molecule has 0 aliphatic heterocycles. The van der Waals surface area contributed by atoms with Gasteiger partial charge in [-0.3, -0.25) is 0 Å². The Kier molecular flexibility index (Phi) is 5.83. The predicted octanol–water partition coefficient (Wildman–Crippen LogP) is 4.40. The number of aryl methyl sites for hydroxylation is 1. The molecule has 2 aromatic rings. The van der Waals surface area contributed by atoms with Crippen molar-refractivity contribution in [2.45, 2.75) is 6.92 Å². The first-order chi connectivity index (χ1) is 13.8. The Morgan fingerprint density at radius 3 is 2.03 bits per heavy atom. The Morgan fingerprint density at radius 2 is 1.52 bits per heavy atom. The monoisotopic (exact) mass is 387 g/mol. The summed E-state index contributed by atoms with van der Waals surface area (Å²) in [5.41, 5.74) is 7.02. The molecule has 0 fully saturated rings. The third kappa shape index (κ3) is 4.37. The van der Waals surface area contributed by atoms with Crippen LogP contribution in [0, 0.1) is 6.92 Å². The summed E-state index contributed by atoms with van der Waals surface area (Å²) in [5.74, 6) is -0.932. The number of hydrogen-bond acceptors (Lipinski definition) is 2. The van der Waals surface area contributed by atoms with Gasteiger partial charge in [0.2, 0.25) is 0 Å². The van der Waals surface area contributed by atoms with Gasteiger partial charge in [0.15, 0.2) is 5.71 Å². The average molecular weight is 388 g/mol. The van der Waals surface area contributed by atoms with E-state index >= 15 is 0 Å². The molecular formula is C25H27N2O2+. The molecule has 0 saturated carbocycles. The smallest absolute Gasteiger partial charge is 0.336 e. The number of anilines is 1. The lowest BCUT2D eigenvalue weighted by Gasteiger charge is -2.19. The molecule has 4 nitrogen and oxygen atoms in total. The quantitative estimate of drug-likeness (QED) is 0.791. The number of carboxylic acid groups (broad SMARTS) is 1. The highest BCUT2D eigenvalue weighted by molar-refractivity contribution is 6.05. The summed E-state index contributed by atoms with van der Waals surface area (Å²) in [4.78, 5) is 14.0. The van der Waals surface area contributed by atoms with Gasteiger partial charge in [-0.25, -0.2) is 9.37 Å². The first kappa shape index (κ1) is 20.3. The van der Waals surface area contributed by atoms with Crippen LogP contribution in [0.2, 0.25) is 0 Å². The van der Waals surface area contributed by atoms with Crippen LogP contribution in [0.25, 0.3) is 5.57 Å². The van der Waals surface area contributed by atoms with Gasteiger partial charge in [-0.15, -0.1) is 0 Å². The van der Waals surface area contributed by atoms with Crippen molar-refractivity contribution >= 4 is 22.9 Å². The van der Waals surface area contributed by atoms with E-state index < -0.39 is 5.97 Å². The van der Waals surface area contributed by atoms with Crippen molar-refractivity contribution in [1.82, 2.24) is 0 Å². The van der Waals surface area contributed by atoms with Crippen molar-refractivity contribution in [2.24, 2.45) is 0 Å². The summed E-state index contributed by atoms with van der Waals surface area (Å²) in [5, 5.41) is 9.94. The Morgan fingerprint density at radius 1 is 0.897 bits per heavy atom. The highest BCUT2D eigenvalue weighted by Gasteiger charge is 2.19. The number of benzene rings is 2. The summed E-state index contributed by atoms with van der Waals surface area (Å²) in [6.07, 6.45) is 8.21. The fraction of sp³-hybridized carbons (Fsp3) is 0.200. The number of rotatable bonds is 4. The van der Waals surface area contributed by atoms with Crippen LogP contribution in [0.1, 0.15) is 27.0 Å². The maximum atomic E-state index is 12.1. The molecule has 1 aliphatic rings. The number of carboxylic acids is 1. The van der Waals surface area contributed by atoms with Crippen molar-refractivity contribution in [3.8, 4) is 0 Å². The topological polar surface area (TPSA) is 43.5 Å². The van der Waals surface area contributed by atoms with Crippen LogP contribution in [-0.2, 0) is 0 Å². The first-order valence-corrected chi connectivity index (χ1v) is 9.54. The van der Waals surface area contributed by atoms with Crippen LogP contribution in [0.15, 0.2) is 72.3 Å². The third-order valence-corrected chi connectivity index (χ3v) is 5.03. The van der Waals surface area contributed by atoms with E-state index in [2.05, 4.69) is 48.6 Å². The van der Waals surface area contributed by atoms with E-state index in [0.717, 1.165) is 33.7 Å². The van der Waals surface area contributed by atoms with Gasteiger partial charge in [0, 0.05) is 31.9 Å². The molecule has 3 rings (SSSR count). The molecule has 148 valence electrons. The maximum Gasteiger partial charge on any atom is 0.336 e. The average Bonchev–Trinajstić information content (AvgIpc) is 2.70. The lowest BCUT2D eigenvalue weighted by Crippen LogP contribution is -2.12. The molecule has 0 atom stereocenters. The number of nitrogens with zero attached hydrogens (tertiary/aromatic N) is 2. The molecule has 0 bridgehead atoms. The van der Waals surface area contributed by atoms with Crippen LogP contribution in [-0.4, -0.2) is 49.6 Å². The molecule has 0 unspecified atom stereocenters. The van der Waals surface area contributed by atoms with E-state index in [0.29, 0.717) is 11.1 Å². The fourth-order valence-electron chi connectivity index (χ4n) is 3.33. The summed E-state index contributed by atoms with van der Waals surface area (Å²) in [7, 11) is 7.82. The highest BCUT2D eigenvalue weighted by Crippen LogP contribution is 2.33. The molecule has 0 heterocycles.